The van der Waals surface area contributed by atoms with E-state index in [9.17, 15) is 9.59 Å². The molecule has 0 aromatic heterocycles. The van der Waals surface area contributed by atoms with Crippen LogP contribution in [0.4, 0.5) is 5.69 Å². The van der Waals surface area contributed by atoms with Crippen molar-refractivity contribution in [2.75, 3.05) is 6.61 Å². The Hall–Kier alpha value is -3.67. The number of carbonyl (C=O) groups excluding carboxylic acids is 2. The lowest BCUT2D eigenvalue weighted by Gasteiger charge is -2.20. The summed E-state index contributed by atoms with van der Waals surface area (Å²) in [5.74, 6) is 0.461. The van der Waals surface area contributed by atoms with Gasteiger partial charge in [0.25, 0.3) is 0 Å². The van der Waals surface area contributed by atoms with E-state index in [4.69, 9.17) is 16.3 Å². The van der Waals surface area contributed by atoms with Gasteiger partial charge in [0, 0.05) is 32.7 Å². The summed E-state index contributed by atoms with van der Waals surface area (Å²) in [6, 6.07) is 26.0. The molecule has 4 aromatic carbocycles. The highest BCUT2D eigenvalue weighted by Crippen LogP contribution is 2.39. The van der Waals surface area contributed by atoms with Gasteiger partial charge in [-0.25, -0.2) is 0 Å². The van der Waals surface area contributed by atoms with E-state index in [-0.39, 0.29) is 17.1 Å². The molecular weight excluding hydrogens is 502 g/mol. The first kappa shape index (κ1) is 25.0. The first-order valence-corrected chi connectivity index (χ1v) is 13.3. The smallest absolute Gasteiger partial charge is 0.196 e. The molecule has 4 nitrogen and oxygen atoms in total. The molecule has 1 aliphatic carbocycles. The standard InChI is InChI=1S/C31H24ClNO3S/c1-2-3-18-36-22-14-10-20(11-15-22)19-33-21-12-16-23(17-13-21)37-27-9-5-7-25-29(27)31(35)24-6-4-8-26(32)28(24)30(25)34/h4-17,19H,2-3,18H2,1H3. The molecule has 0 spiro atoms. The number of ketones is 2. The summed E-state index contributed by atoms with van der Waals surface area (Å²) in [5.41, 5.74) is 3.25. The lowest BCUT2D eigenvalue weighted by Crippen LogP contribution is -2.22. The first-order chi connectivity index (χ1) is 18.0. The van der Waals surface area contributed by atoms with Gasteiger partial charge in [-0.1, -0.05) is 61.0 Å². The van der Waals surface area contributed by atoms with Crippen LogP contribution in [0, 0.1) is 0 Å². The van der Waals surface area contributed by atoms with Crippen LogP contribution < -0.4 is 4.74 Å². The summed E-state index contributed by atoms with van der Waals surface area (Å²) < 4.78 is 5.70. The minimum absolute atomic E-state index is 0.182. The minimum Gasteiger partial charge on any atom is -0.494 e. The number of unbranched alkanes of at least 4 members (excludes halogenated alkanes) is 1. The summed E-state index contributed by atoms with van der Waals surface area (Å²) in [7, 11) is 0. The predicted octanol–water partition coefficient (Wildman–Crippen LogP) is 8.20. The second kappa shape index (κ2) is 11.2. The second-order valence-corrected chi connectivity index (χ2v) is 10.1. The fourth-order valence-corrected chi connectivity index (χ4v) is 5.35. The number of rotatable bonds is 8. The van der Waals surface area contributed by atoms with Gasteiger partial charge in [0.2, 0.25) is 0 Å². The number of carbonyl (C=O) groups is 2. The number of fused-ring (bicyclic) bond motifs is 2. The maximum atomic E-state index is 13.3. The highest BCUT2D eigenvalue weighted by molar-refractivity contribution is 7.99. The van der Waals surface area contributed by atoms with E-state index in [1.54, 1.807) is 30.3 Å². The van der Waals surface area contributed by atoms with Crippen LogP contribution in [-0.4, -0.2) is 24.4 Å². The van der Waals surface area contributed by atoms with Crippen molar-refractivity contribution in [1.29, 1.82) is 0 Å². The molecule has 1 aliphatic rings. The molecule has 4 aromatic rings. The fraction of sp³-hybridized carbons (Fsp3) is 0.129. The molecule has 6 heteroatoms. The van der Waals surface area contributed by atoms with Crippen molar-refractivity contribution < 1.29 is 14.3 Å². The summed E-state index contributed by atoms with van der Waals surface area (Å²) in [4.78, 5) is 32.7. The average Bonchev–Trinajstić information content (AvgIpc) is 2.92. The van der Waals surface area contributed by atoms with Crippen LogP contribution in [-0.2, 0) is 0 Å². The Labute approximate surface area is 225 Å². The van der Waals surface area contributed by atoms with E-state index in [0.29, 0.717) is 21.7 Å². The van der Waals surface area contributed by atoms with Gasteiger partial charge in [0.05, 0.1) is 22.9 Å². The second-order valence-electron chi connectivity index (χ2n) is 8.62. The molecule has 0 amide bonds. The van der Waals surface area contributed by atoms with E-state index < -0.39 is 0 Å². The van der Waals surface area contributed by atoms with E-state index in [2.05, 4.69) is 11.9 Å². The van der Waals surface area contributed by atoms with Crippen LogP contribution >= 0.6 is 23.4 Å². The third kappa shape index (κ3) is 5.38. The number of hydrogen-bond acceptors (Lipinski definition) is 5. The van der Waals surface area contributed by atoms with E-state index in [1.807, 2.05) is 60.8 Å². The molecule has 0 saturated carbocycles. The normalized spacial score (nSPS) is 12.5. The Morgan fingerprint density at radius 1 is 0.838 bits per heavy atom. The molecule has 5 rings (SSSR count). The molecule has 0 unspecified atom stereocenters. The lowest BCUT2D eigenvalue weighted by molar-refractivity contribution is 0.0977. The molecule has 0 radical (unpaired) electrons. The summed E-state index contributed by atoms with van der Waals surface area (Å²) in [5, 5.41) is 0.298. The molecule has 0 saturated heterocycles. The number of ether oxygens (including phenoxy) is 1. The van der Waals surface area contributed by atoms with Crippen molar-refractivity contribution in [2.45, 2.75) is 29.6 Å². The van der Waals surface area contributed by atoms with Crippen LogP contribution in [0.1, 0.15) is 57.2 Å². The number of halogens is 1. The van der Waals surface area contributed by atoms with Crippen LogP contribution in [0.15, 0.2) is 99.7 Å². The van der Waals surface area contributed by atoms with Gasteiger partial charge >= 0.3 is 0 Å². The molecule has 184 valence electrons. The molecule has 0 bridgehead atoms. The van der Waals surface area contributed by atoms with Gasteiger partial charge in [0.1, 0.15) is 5.75 Å². The van der Waals surface area contributed by atoms with Crippen molar-refractivity contribution in [3.8, 4) is 5.75 Å². The molecule has 0 N–H and O–H groups in total. The summed E-state index contributed by atoms with van der Waals surface area (Å²) >= 11 is 7.70. The maximum Gasteiger partial charge on any atom is 0.196 e. The van der Waals surface area contributed by atoms with Gasteiger partial charge in [0.15, 0.2) is 11.6 Å². The van der Waals surface area contributed by atoms with Crippen molar-refractivity contribution in [3.63, 3.8) is 0 Å². The van der Waals surface area contributed by atoms with Crippen LogP contribution in [0.2, 0.25) is 5.02 Å². The molecule has 0 aliphatic heterocycles. The Kier molecular flexibility index (Phi) is 7.54. The monoisotopic (exact) mass is 525 g/mol. The zero-order chi connectivity index (χ0) is 25.8. The zero-order valence-corrected chi connectivity index (χ0v) is 21.8. The summed E-state index contributed by atoms with van der Waals surface area (Å²) in [6.45, 7) is 2.87. The van der Waals surface area contributed by atoms with Gasteiger partial charge in [-0.2, -0.15) is 0 Å². The number of aliphatic imine (C=N–C) groups is 1. The van der Waals surface area contributed by atoms with Gasteiger partial charge in [-0.3, -0.25) is 14.6 Å². The van der Waals surface area contributed by atoms with Gasteiger partial charge < -0.3 is 4.74 Å². The molecule has 0 atom stereocenters. The molecule has 0 heterocycles. The van der Waals surface area contributed by atoms with Crippen molar-refractivity contribution in [3.05, 3.63) is 118 Å². The zero-order valence-electron chi connectivity index (χ0n) is 20.2. The van der Waals surface area contributed by atoms with E-state index in [1.165, 1.54) is 11.8 Å². The fourth-order valence-electron chi connectivity index (χ4n) is 4.11. The van der Waals surface area contributed by atoms with Crippen LogP contribution in [0.3, 0.4) is 0 Å². The largest absolute Gasteiger partial charge is 0.494 e. The van der Waals surface area contributed by atoms with E-state index >= 15 is 0 Å². The lowest BCUT2D eigenvalue weighted by atomic mass is 9.84. The first-order valence-electron chi connectivity index (χ1n) is 12.1. The van der Waals surface area contributed by atoms with Crippen LogP contribution in [0.5, 0.6) is 5.75 Å². The number of benzene rings is 4. The maximum absolute atomic E-state index is 13.3. The summed E-state index contributed by atoms with van der Waals surface area (Å²) in [6.07, 6.45) is 3.97. The molecular formula is C31H24ClNO3S. The number of nitrogens with zero attached hydrogens (tertiary/aromatic N) is 1. The van der Waals surface area contributed by atoms with Crippen molar-refractivity contribution in [1.82, 2.24) is 0 Å². The van der Waals surface area contributed by atoms with Gasteiger partial charge in [-0.05, 0) is 72.6 Å². The van der Waals surface area contributed by atoms with Gasteiger partial charge in [-0.15, -0.1) is 0 Å². The number of hydrogen-bond donors (Lipinski definition) is 0. The Morgan fingerprint density at radius 2 is 1.51 bits per heavy atom. The van der Waals surface area contributed by atoms with Crippen molar-refractivity contribution in [2.24, 2.45) is 4.99 Å². The third-order valence-corrected chi connectivity index (χ3v) is 7.44. The topological polar surface area (TPSA) is 55.7 Å². The molecule has 0 fully saturated rings. The van der Waals surface area contributed by atoms with Crippen LogP contribution in [0.25, 0.3) is 0 Å². The Balaban J connectivity index is 1.31. The Bertz CT molecular complexity index is 1490. The predicted molar refractivity (Wildman–Crippen MR) is 149 cm³/mol. The quantitative estimate of drug-likeness (QED) is 0.151. The highest BCUT2D eigenvalue weighted by Gasteiger charge is 2.33. The average molecular weight is 526 g/mol. The minimum atomic E-state index is -0.220. The SMILES string of the molecule is CCCCOc1ccc(C=Nc2ccc(Sc3cccc4c3C(=O)c3cccc(Cl)c3C4=O)cc2)cc1. The van der Waals surface area contributed by atoms with E-state index in [0.717, 1.165) is 46.2 Å². The van der Waals surface area contributed by atoms with Crippen molar-refractivity contribution >= 4 is 46.8 Å². The third-order valence-electron chi connectivity index (χ3n) is 6.06. The Morgan fingerprint density at radius 3 is 2.24 bits per heavy atom. The highest BCUT2D eigenvalue weighted by atomic mass is 35.5. The molecule has 37 heavy (non-hydrogen) atoms.